The third-order valence-electron chi connectivity index (χ3n) is 7.22. The van der Waals surface area contributed by atoms with Crippen LogP contribution in [0.5, 0.6) is 0 Å². The number of sulfonamides is 1. The number of H-pyrrole nitrogens is 1. The Hall–Kier alpha value is -2.22. The Labute approximate surface area is 214 Å². The predicted octanol–water partition coefficient (Wildman–Crippen LogP) is 1.03. The number of nitrogens with one attached hydrogen (secondary N) is 1. The lowest BCUT2D eigenvalue weighted by Gasteiger charge is -2.44. The summed E-state index contributed by atoms with van der Waals surface area (Å²) in [4.78, 5) is 31.8. The number of piperazine rings is 1. The van der Waals surface area contributed by atoms with Gasteiger partial charge in [0.1, 0.15) is 11.6 Å². The Bertz CT molecular complexity index is 1290. The summed E-state index contributed by atoms with van der Waals surface area (Å²) >= 11 is 6.05. The van der Waals surface area contributed by atoms with Crippen LogP contribution in [-0.2, 0) is 33.8 Å². The third kappa shape index (κ3) is 4.29. The first-order valence-corrected chi connectivity index (χ1v) is 13.5. The Balaban J connectivity index is 1.40. The molecule has 1 atom stereocenters. The van der Waals surface area contributed by atoms with Gasteiger partial charge in [-0.05, 0) is 37.1 Å². The normalized spacial score (nSPS) is 24.6. The molecule has 4 heterocycles. The van der Waals surface area contributed by atoms with Crippen molar-refractivity contribution >= 4 is 44.3 Å². The maximum Gasteiger partial charge on any atom is 0.259 e. The minimum absolute atomic E-state index is 0.0128. The van der Waals surface area contributed by atoms with Crippen LogP contribution in [0, 0.1) is 0 Å². The van der Waals surface area contributed by atoms with Gasteiger partial charge in [0.2, 0.25) is 11.8 Å². The predicted molar refractivity (Wildman–Crippen MR) is 130 cm³/mol. The number of carbonyl (C=O) groups is 2. The van der Waals surface area contributed by atoms with E-state index in [1.165, 1.54) is 20.3 Å². The average Bonchev–Trinajstić information content (AvgIpc) is 3.39. The van der Waals surface area contributed by atoms with Crippen molar-refractivity contribution in [2.75, 3.05) is 60.2 Å². The van der Waals surface area contributed by atoms with Gasteiger partial charge in [-0.2, -0.15) is 4.31 Å². The number of rotatable bonds is 6. The molecule has 0 aliphatic carbocycles. The van der Waals surface area contributed by atoms with Gasteiger partial charge >= 0.3 is 0 Å². The van der Waals surface area contributed by atoms with Crippen LogP contribution in [0.4, 0.5) is 0 Å². The zero-order chi connectivity index (χ0) is 25.7. The Kier molecular flexibility index (Phi) is 6.54. The van der Waals surface area contributed by atoms with Crippen molar-refractivity contribution in [1.82, 2.24) is 19.1 Å². The van der Waals surface area contributed by atoms with Crippen molar-refractivity contribution in [3.05, 3.63) is 29.3 Å². The number of halogens is 1. The summed E-state index contributed by atoms with van der Waals surface area (Å²) in [5.41, 5.74) is -1.32. The molecule has 1 unspecified atom stereocenters. The zero-order valence-electron chi connectivity index (χ0n) is 20.2. The van der Waals surface area contributed by atoms with Gasteiger partial charge in [-0.25, -0.2) is 8.42 Å². The summed E-state index contributed by atoms with van der Waals surface area (Å²) in [6.45, 7) is 0.904. The fraction of sp³-hybridized carbons (Fsp3) is 0.565. The second-order valence-corrected chi connectivity index (χ2v) is 11.9. The molecule has 1 aromatic carbocycles. The molecule has 1 N–H and O–H groups in total. The molecular weight excluding hydrogens is 512 g/mol. The topological polar surface area (TPSA) is 121 Å². The van der Waals surface area contributed by atoms with Crippen LogP contribution in [0.25, 0.3) is 10.9 Å². The van der Waals surface area contributed by atoms with E-state index in [-0.39, 0.29) is 43.1 Å². The highest BCUT2D eigenvalue weighted by molar-refractivity contribution is 7.89. The zero-order valence-corrected chi connectivity index (χ0v) is 21.7. The third-order valence-corrected chi connectivity index (χ3v) is 9.17. The number of benzene rings is 1. The Morgan fingerprint density at radius 2 is 1.92 bits per heavy atom. The van der Waals surface area contributed by atoms with Gasteiger partial charge in [0.15, 0.2) is 5.72 Å². The number of hydrogen-bond donors (Lipinski definition) is 1. The fourth-order valence-electron chi connectivity index (χ4n) is 5.47. The van der Waals surface area contributed by atoms with Crippen LogP contribution >= 0.6 is 11.6 Å². The van der Waals surface area contributed by atoms with Gasteiger partial charge < -0.3 is 29.0 Å². The molecule has 1 spiro atoms. The van der Waals surface area contributed by atoms with Crippen LogP contribution in [0.2, 0.25) is 5.02 Å². The molecule has 3 aliphatic rings. The van der Waals surface area contributed by atoms with E-state index in [1.54, 1.807) is 28.0 Å². The van der Waals surface area contributed by atoms with Crippen LogP contribution in [0.3, 0.4) is 0 Å². The molecule has 13 heteroatoms. The number of hydrogen-bond acceptors (Lipinski definition) is 7. The number of amides is 2. The minimum Gasteiger partial charge on any atom is -0.380 e. The van der Waals surface area contributed by atoms with E-state index in [2.05, 4.69) is 4.98 Å². The number of fused-ring (bicyclic) bond motifs is 2. The van der Waals surface area contributed by atoms with Gasteiger partial charge in [0, 0.05) is 43.2 Å². The van der Waals surface area contributed by atoms with Crippen LogP contribution in [0.1, 0.15) is 12.8 Å². The van der Waals surface area contributed by atoms with Crippen LogP contribution < -0.4 is 0 Å². The van der Waals surface area contributed by atoms with Crippen molar-refractivity contribution in [3.8, 4) is 0 Å². The highest BCUT2D eigenvalue weighted by Gasteiger charge is 2.61. The molecule has 0 bridgehead atoms. The molecule has 2 aromatic rings. The Morgan fingerprint density at radius 1 is 1.17 bits per heavy atom. The smallest absolute Gasteiger partial charge is 0.259 e. The molecule has 3 aliphatic heterocycles. The van der Waals surface area contributed by atoms with Crippen molar-refractivity contribution in [2.24, 2.45) is 0 Å². The number of aromatic nitrogens is 1. The van der Waals surface area contributed by atoms with Crippen molar-refractivity contribution in [2.45, 2.75) is 29.2 Å². The van der Waals surface area contributed by atoms with E-state index < -0.39 is 21.3 Å². The summed E-state index contributed by atoms with van der Waals surface area (Å²) in [5.74, 6) is -0.446. The molecule has 1 aromatic heterocycles. The summed E-state index contributed by atoms with van der Waals surface area (Å²) in [7, 11) is -1.08. The van der Waals surface area contributed by atoms with E-state index in [4.69, 9.17) is 25.8 Å². The molecule has 2 amide bonds. The maximum absolute atomic E-state index is 13.6. The highest BCUT2D eigenvalue weighted by atomic mass is 35.5. The summed E-state index contributed by atoms with van der Waals surface area (Å²) < 4.78 is 45.4. The molecule has 11 nitrogen and oxygen atoms in total. The van der Waals surface area contributed by atoms with Crippen LogP contribution in [-0.4, -0.2) is 111 Å². The van der Waals surface area contributed by atoms with Crippen molar-refractivity contribution in [3.63, 3.8) is 0 Å². The van der Waals surface area contributed by atoms with E-state index in [0.29, 0.717) is 48.4 Å². The van der Waals surface area contributed by atoms with Gasteiger partial charge in [-0.15, -0.1) is 0 Å². The fourth-order valence-corrected chi connectivity index (χ4v) is 7.09. The lowest BCUT2D eigenvalue weighted by molar-refractivity contribution is -0.198. The summed E-state index contributed by atoms with van der Waals surface area (Å²) in [6, 6.07) is 6.57. The average molecular weight is 541 g/mol. The number of carbonyl (C=O) groups excluding carboxylic acids is 2. The van der Waals surface area contributed by atoms with E-state index in [9.17, 15) is 18.0 Å². The first-order chi connectivity index (χ1) is 17.1. The monoisotopic (exact) mass is 540 g/mol. The quantitative estimate of drug-likeness (QED) is 0.581. The van der Waals surface area contributed by atoms with E-state index >= 15 is 0 Å². The highest BCUT2D eigenvalue weighted by Crippen LogP contribution is 2.44. The van der Waals surface area contributed by atoms with Gasteiger partial charge in [0.25, 0.3) is 10.0 Å². The number of methoxy groups -OCH3 is 2. The van der Waals surface area contributed by atoms with Gasteiger partial charge in [-0.1, -0.05) is 11.6 Å². The number of ether oxygens (including phenoxy) is 3. The van der Waals surface area contributed by atoms with Crippen LogP contribution in [0.15, 0.2) is 29.3 Å². The molecule has 5 rings (SSSR count). The Morgan fingerprint density at radius 3 is 2.61 bits per heavy atom. The second kappa shape index (κ2) is 9.26. The minimum atomic E-state index is -4.05. The van der Waals surface area contributed by atoms with Gasteiger partial charge in [-0.3, -0.25) is 9.59 Å². The van der Waals surface area contributed by atoms with Gasteiger partial charge in [0.05, 0.1) is 31.8 Å². The molecule has 3 saturated heterocycles. The molecular formula is C23H29ClN4O7S. The molecule has 0 radical (unpaired) electrons. The molecule has 196 valence electrons. The first kappa shape index (κ1) is 25.4. The summed E-state index contributed by atoms with van der Waals surface area (Å²) in [5, 5.41) is 1.13. The number of aromatic amines is 1. The van der Waals surface area contributed by atoms with E-state index in [1.807, 2.05) is 0 Å². The number of likely N-dealkylation sites (tertiary alicyclic amines) is 1. The SMILES string of the molecule is COCC(=O)N1CCC2(CC1)CN1C(=O)CN(S(=O)(=O)c3cc4cc(Cl)ccc4[nH]3)CC1(COC)O2. The van der Waals surface area contributed by atoms with E-state index in [0.717, 1.165) is 4.31 Å². The lowest BCUT2D eigenvalue weighted by Crippen LogP contribution is -2.65. The second-order valence-electron chi connectivity index (χ2n) is 9.60. The first-order valence-electron chi connectivity index (χ1n) is 11.7. The number of nitrogens with zero attached hydrogens (tertiary/aromatic N) is 3. The lowest BCUT2D eigenvalue weighted by atomic mass is 9.91. The molecule has 3 fully saturated rings. The maximum atomic E-state index is 13.6. The number of piperidine rings is 1. The standard InChI is InChI=1S/C23H29ClN4O7S/c1-33-12-21(30)26-7-5-22(6-8-26)13-28-20(29)11-27(14-23(28,35-22)15-34-2)36(31,32)19-10-16-9-17(24)3-4-18(16)25-19/h3-4,9-10,25H,5-8,11-15H2,1-2H3. The van der Waals surface area contributed by atoms with Crippen molar-refractivity contribution in [1.29, 1.82) is 0 Å². The largest absolute Gasteiger partial charge is 0.380 e. The summed E-state index contributed by atoms with van der Waals surface area (Å²) in [6.07, 6.45) is 1.04. The van der Waals surface area contributed by atoms with Crippen molar-refractivity contribution < 1.29 is 32.2 Å². The molecule has 36 heavy (non-hydrogen) atoms. The molecule has 0 saturated carbocycles.